The minimum atomic E-state index is -0.123. The number of hydrogen-bond acceptors (Lipinski definition) is 4. The lowest BCUT2D eigenvalue weighted by molar-refractivity contribution is 0.601. The van der Waals surface area contributed by atoms with Crippen LogP contribution in [0.15, 0.2) is 44.8 Å². The molecular weight excluding hydrogens is 262 g/mol. The van der Waals surface area contributed by atoms with Crippen molar-refractivity contribution in [2.45, 2.75) is 6.92 Å². The molecule has 0 aliphatic carbocycles. The number of hydrogen-bond donors (Lipinski definition) is 2. The maximum atomic E-state index is 12.1. The molecule has 0 unspecified atom stereocenters. The van der Waals surface area contributed by atoms with Gasteiger partial charge in [0.1, 0.15) is 11.8 Å². The zero-order chi connectivity index (χ0) is 13.7. The molecule has 1 heterocycles. The Morgan fingerprint density at radius 3 is 3.05 bits per heavy atom. The van der Waals surface area contributed by atoms with Crippen molar-refractivity contribution in [2.24, 2.45) is 5.10 Å². The highest BCUT2D eigenvalue weighted by atomic mass is 32.1. The molecule has 2 aromatic rings. The van der Waals surface area contributed by atoms with Crippen molar-refractivity contribution in [1.29, 1.82) is 0 Å². The third-order valence-electron chi connectivity index (χ3n) is 2.41. The van der Waals surface area contributed by atoms with Crippen LogP contribution in [0.3, 0.4) is 0 Å². The van der Waals surface area contributed by atoms with Crippen molar-refractivity contribution in [3.8, 4) is 0 Å². The molecule has 0 amide bonds. The molecule has 0 atom stereocenters. The highest BCUT2D eigenvalue weighted by Crippen LogP contribution is 2.09. The second-order valence-corrected chi connectivity index (χ2v) is 4.15. The fourth-order valence-corrected chi connectivity index (χ4v) is 1.74. The third kappa shape index (κ3) is 3.17. The molecule has 0 aliphatic rings. The normalized spacial score (nSPS) is 10.8. The number of thiocarbonyl (C=S) groups is 1. The summed E-state index contributed by atoms with van der Waals surface area (Å²) in [5, 5.41) is 7.70. The molecule has 6 heteroatoms. The topological polar surface area (TPSA) is 66.6 Å². The van der Waals surface area contributed by atoms with Crippen molar-refractivity contribution in [3.05, 3.63) is 46.3 Å². The van der Waals surface area contributed by atoms with Crippen LogP contribution in [0.4, 0.5) is 0 Å². The summed E-state index contributed by atoms with van der Waals surface area (Å²) in [6.45, 7) is 2.63. The number of nitrogens with zero attached hydrogens (tertiary/aromatic N) is 1. The average molecular weight is 275 g/mol. The minimum absolute atomic E-state index is 0.123. The van der Waals surface area contributed by atoms with Crippen molar-refractivity contribution in [1.82, 2.24) is 10.7 Å². The molecule has 2 rings (SSSR count). The van der Waals surface area contributed by atoms with E-state index in [2.05, 4.69) is 15.8 Å². The average Bonchev–Trinajstić information content (AvgIpc) is 2.42. The van der Waals surface area contributed by atoms with E-state index in [0.29, 0.717) is 28.2 Å². The Kier molecular flexibility index (Phi) is 4.25. The molecule has 0 fully saturated rings. The van der Waals surface area contributed by atoms with Gasteiger partial charge in [0.25, 0.3) is 0 Å². The molecular formula is C13H13N3O2S. The first-order valence-corrected chi connectivity index (χ1v) is 6.20. The zero-order valence-corrected chi connectivity index (χ0v) is 11.2. The van der Waals surface area contributed by atoms with E-state index in [1.165, 1.54) is 12.5 Å². The van der Waals surface area contributed by atoms with Crippen LogP contribution >= 0.6 is 12.2 Å². The summed E-state index contributed by atoms with van der Waals surface area (Å²) in [5.41, 5.74) is 3.42. The number of fused-ring (bicyclic) bond motifs is 1. The van der Waals surface area contributed by atoms with Gasteiger partial charge in [-0.25, -0.2) is 0 Å². The molecule has 98 valence electrons. The van der Waals surface area contributed by atoms with E-state index in [4.69, 9.17) is 16.6 Å². The zero-order valence-electron chi connectivity index (χ0n) is 10.3. The van der Waals surface area contributed by atoms with Crippen molar-refractivity contribution in [2.75, 3.05) is 6.54 Å². The molecule has 0 saturated heterocycles. The smallest absolute Gasteiger partial charge is 0.201 e. The number of rotatable bonds is 3. The Balaban J connectivity index is 2.22. The predicted octanol–water partition coefficient (Wildman–Crippen LogP) is 1.61. The van der Waals surface area contributed by atoms with Gasteiger partial charge in [-0.2, -0.15) is 5.10 Å². The molecule has 19 heavy (non-hydrogen) atoms. The molecule has 5 nitrogen and oxygen atoms in total. The highest BCUT2D eigenvalue weighted by Gasteiger charge is 2.03. The molecule has 0 saturated carbocycles. The molecule has 0 radical (unpaired) electrons. The summed E-state index contributed by atoms with van der Waals surface area (Å²) in [4.78, 5) is 12.1. The monoisotopic (exact) mass is 275 g/mol. The predicted molar refractivity (Wildman–Crippen MR) is 79.5 cm³/mol. The summed E-state index contributed by atoms with van der Waals surface area (Å²) in [5.74, 6) is 0. The first kappa shape index (κ1) is 13.2. The van der Waals surface area contributed by atoms with E-state index >= 15 is 0 Å². The molecule has 0 aliphatic heterocycles. The maximum Gasteiger partial charge on any atom is 0.201 e. The summed E-state index contributed by atoms with van der Waals surface area (Å²) >= 11 is 4.94. The molecule has 2 N–H and O–H groups in total. The molecule has 1 aromatic carbocycles. The van der Waals surface area contributed by atoms with Crippen molar-refractivity contribution in [3.63, 3.8) is 0 Å². The van der Waals surface area contributed by atoms with E-state index in [-0.39, 0.29) is 5.43 Å². The van der Waals surface area contributed by atoms with Gasteiger partial charge in [0.2, 0.25) is 5.43 Å². The highest BCUT2D eigenvalue weighted by molar-refractivity contribution is 7.80. The van der Waals surface area contributed by atoms with Crippen LogP contribution in [0.1, 0.15) is 12.5 Å². The summed E-state index contributed by atoms with van der Waals surface area (Å²) in [6, 6.07) is 7.07. The fourth-order valence-electron chi connectivity index (χ4n) is 1.54. The number of hydrazone groups is 1. The van der Waals surface area contributed by atoms with Crippen LogP contribution in [-0.2, 0) is 0 Å². The summed E-state index contributed by atoms with van der Waals surface area (Å²) < 4.78 is 5.36. The van der Waals surface area contributed by atoms with Gasteiger partial charge in [0.05, 0.1) is 17.2 Å². The Morgan fingerprint density at radius 2 is 2.26 bits per heavy atom. The van der Waals surface area contributed by atoms with Crippen LogP contribution in [-0.4, -0.2) is 17.9 Å². The third-order valence-corrected chi connectivity index (χ3v) is 2.65. The number of nitrogens with one attached hydrogen (secondary N) is 2. The Bertz CT molecular complexity index is 679. The standard InChI is InChI=1S/C13H13N3O2S/c1-2-14-13(19)16-15-7-9-8-18-11-6-4-3-5-10(11)12(9)17/h3-8H,2H2,1H3,(H2,14,16,19)/b15-7-. The van der Waals surface area contributed by atoms with Gasteiger partial charge in [-0.05, 0) is 31.3 Å². The van der Waals surface area contributed by atoms with Crippen LogP contribution in [0.25, 0.3) is 11.0 Å². The number of benzene rings is 1. The van der Waals surface area contributed by atoms with Crippen LogP contribution in [0.2, 0.25) is 0 Å². The first-order chi connectivity index (χ1) is 9.22. The first-order valence-electron chi connectivity index (χ1n) is 5.80. The molecule has 0 bridgehead atoms. The summed E-state index contributed by atoms with van der Waals surface area (Å²) in [7, 11) is 0. The van der Waals surface area contributed by atoms with E-state index in [1.54, 1.807) is 18.2 Å². The lowest BCUT2D eigenvalue weighted by Gasteiger charge is -2.02. The summed E-state index contributed by atoms with van der Waals surface area (Å²) in [6.07, 6.45) is 2.77. The van der Waals surface area contributed by atoms with Gasteiger partial charge in [-0.15, -0.1) is 0 Å². The van der Waals surface area contributed by atoms with Crippen LogP contribution in [0.5, 0.6) is 0 Å². The largest absolute Gasteiger partial charge is 0.463 e. The van der Waals surface area contributed by atoms with Gasteiger partial charge in [-0.3, -0.25) is 10.2 Å². The van der Waals surface area contributed by atoms with Gasteiger partial charge in [0.15, 0.2) is 5.11 Å². The van der Waals surface area contributed by atoms with Crippen LogP contribution in [0, 0.1) is 0 Å². The van der Waals surface area contributed by atoms with Gasteiger partial charge in [0, 0.05) is 6.54 Å². The maximum absolute atomic E-state index is 12.1. The second kappa shape index (κ2) is 6.10. The van der Waals surface area contributed by atoms with E-state index in [0.717, 1.165) is 0 Å². The molecule has 1 aromatic heterocycles. The molecule has 0 spiro atoms. The van der Waals surface area contributed by atoms with Gasteiger partial charge < -0.3 is 9.73 Å². The van der Waals surface area contributed by atoms with Crippen LogP contribution < -0.4 is 16.2 Å². The Morgan fingerprint density at radius 1 is 1.47 bits per heavy atom. The number of para-hydroxylation sites is 1. The SMILES string of the molecule is CCNC(=S)N/N=C\c1coc2ccccc2c1=O. The van der Waals surface area contributed by atoms with Crippen molar-refractivity contribution >= 4 is 34.5 Å². The Hall–Kier alpha value is -2.21. The van der Waals surface area contributed by atoms with E-state index in [9.17, 15) is 4.79 Å². The van der Waals surface area contributed by atoms with E-state index < -0.39 is 0 Å². The lowest BCUT2D eigenvalue weighted by Crippen LogP contribution is -2.31. The van der Waals surface area contributed by atoms with Gasteiger partial charge >= 0.3 is 0 Å². The quantitative estimate of drug-likeness (QED) is 0.506. The Labute approximate surface area is 115 Å². The minimum Gasteiger partial charge on any atom is -0.463 e. The second-order valence-electron chi connectivity index (χ2n) is 3.75. The lowest BCUT2D eigenvalue weighted by atomic mass is 10.2. The van der Waals surface area contributed by atoms with E-state index in [1.807, 2.05) is 13.0 Å². The fraction of sp³-hybridized carbons (Fsp3) is 0.154. The van der Waals surface area contributed by atoms with Crippen molar-refractivity contribution < 1.29 is 4.42 Å². The van der Waals surface area contributed by atoms with Gasteiger partial charge in [-0.1, -0.05) is 12.1 Å².